The standard InChI is InChI=1S/C14H23N5OS/c1-5-18(6-2)9-7-8-15-13(20)12-10(3)19-11(4)16-17-14(19)21-12/h5-9H2,1-4H3,(H,15,20). The Hall–Kier alpha value is -1.47. The Labute approximate surface area is 129 Å². The molecule has 0 spiro atoms. The zero-order chi connectivity index (χ0) is 15.4. The van der Waals surface area contributed by atoms with Crippen molar-refractivity contribution < 1.29 is 4.79 Å². The van der Waals surface area contributed by atoms with E-state index in [2.05, 4.69) is 34.3 Å². The number of nitrogens with one attached hydrogen (secondary N) is 1. The molecule has 116 valence electrons. The number of rotatable bonds is 7. The average Bonchev–Trinajstić information content (AvgIpc) is 3.00. The van der Waals surface area contributed by atoms with Crippen molar-refractivity contribution in [3.8, 4) is 0 Å². The van der Waals surface area contributed by atoms with Crippen molar-refractivity contribution in [3.05, 3.63) is 16.4 Å². The molecule has 0 radical (unpaired) electrons. The first-order valence-electron chi connectivity index (χ1n) is 7.40. The van der Waals surface area contributed by atoms with Gasteiger partial charge >= 0.3 is 0 Å². The van der Waals surface area contributed by atoms with E-state index in [1.807, 2.05) is 18.2 Å². The van der Waals surface area contributed by atoms with Crippen LogP contribution in [0.1, 0.15) is 41.5 Å². The van der Waals surface area contributed by atoms with Crippen molar-refractivity contribution in [2.24, 2.45) is 0 Å². The Bertz CT molecular complexity index is 614. The summed E-state index contributed by atoms with van der Waals surface area (Å²) in [7, 11) is 0. The minimum atomic E-state index is -0.0121. The first-order valence-corrected chi connectivity index (χ1v) is 8.21. The Morgan fingerprint density at radius 3 is 2.62 bits per heavy atom. The number of amides is 1. The number of nitrogens with zero attached hydrogens (tertiary/aromatic N) is 4. The largest absolute Gasteiger partial charge is 0.351 e. The fraction of sp³-hybridized carbons (Fsp3) is 0.643. The molecular formula is C14H23N5OS. The van der Waals surface area contributed by atoms with Crippen LogP contribution in [0.2, 0.25) is 0 Å². The van der Waals surface area contributed by atoms with E-state index in [9.17, 15) is 4.79 Å². The molecule has 0 bridgehead atoms. The summed E-state index contributed by atoms with van der Waals surface area (Å²) in [6.45, 7) is 12.0. The van der Waals surface area contributed by atoms with Crippen LogP contribution in [0, 0.1) is 13.8 Å². The second kappa shape index (κ2) is 7.00. The van der Waals surface area contributed by atoms with E-state index in [4.69, 9.17) is 0 Å². The second-order valence-electron chi connectivity index (χ2n) is 5.02. The maximum Gasteiger partial charge on any atom is 0.263 e. The molecule has 6 nitrogen and oxygen atoms in total. The highest BCUT2D eigenvalue weighted by molar-refractivity contribution is 7.19. The van der Waals surface area contributed by atoms with Gasteiger partial charge in [0.25, 0.3) is 5.91 Å². The molecule has 2 aromatic rings. The third kappa shape index (κ3) is 3.41. The number of hydrogen-bond acceptors (Lipinski definition) is 5. The molecule has 2 heterocycles. The third-order valence-corrected chi connectivity index (χ3v) is 4.82. The van der Waals surface area contributed by atoms with Gasteiger partial charge in [0.15, 0.2) is 0 Å². The molecule has 1 N–H and O–H groups in total. The first-order chi connectivity index (χ1) is 10.1. The summed E-state index contributed by atoms with van der Waals surface area (Å²) in [6, 6.07) is 0. The van der Waals surface area contributed by atoms with E-state index < -0.39 is 0 Å². The van der Waals surface area contributed by atoms with E-state index in [1.165, 1.54) is 11.3 Å². The van der Waals surface area contributed by atoms with Crippen LogP contribution in [0.4, 0.5) is 0 Å². The summed E-state index contributed by atoms with van der Waals surface area (Å²) in [5.41, 5.74) is 0.916. The summed E-state index contributed by atoms with van der Waals surface area (Å²) in [5.74, 6) is 0.807. The van der Waals surface area contributed by atoms with Gasteiger partial charge in [-0.1, -0.05) is 25.2 Å². The van der Waals surface area contributed by atoms with Crippen LogP contribution in [-0.4, -0.2) is 51.6 Å². The first kappa shape index (κ1) is 15.9. The number of hydrogen-bond donors (Lipinski definition) is 1. The third-order valence-electron chi connectivity index (χ3n) is 3.69. The summed E-state index contributed by atoms with van der Waals surface area (Å²) in [5, 5.41) is 11.1. The van der Waals surface area contributed by atoms with Gasteiger partial charge in [0.05, 0.1) is 0 Å². The van der Waals surface area contributed by atoms with Crippen molar-refractivity contribution in [3.63, 3.8) is 0 Å². The minimum absolute atomic E-state index is 0.0121. The Morgan fingerprint density at radius 2 is 2.00 bits per heavy atom. The second-order valence-corrected chi connectivity index (χ2v) is 6.00. The summed E-state index contributed by atoms with van der Waals surface area (Å²) in [6.07, 6.45) is 0.968. The quantitative estimate of drug-likeness (QED) is 0.793. The normalized spacial score (nSPS) is 11.5. The molecule has 0 aliphatic carbocycles. The van der Waals surface area contributed by atoms with Gasteiger partial charge in [-0.25, -0.2) is 0 Å². The highest BCUT2D eigenvalue weighted by atomic mass is 32.1. The zero-order valence-electron chi connectivity index (χ0n) is 13.1. The lowest BCUT2D eigenvalue weighted by molar-refractivity contribution is 0.0955. The predicted molar refractivity (Wildman–Crippen MR) is 85.1 cm³/mol. The lowest BCUT2D eigenvalue weighted by atomic mass is 10.3. The average molecular weight is 309 g/mol. The molecule has 0 aliphatic rings. The predicted octanol–water partition coefficient (Wildman–Crippen LogP) is 1.87. The van der Waals surface area contributed by atoms with Crippen LogP contribution in [0.25, 0.3) is 4.96 Å². The molecule has 21 heavy (non-hydrogen) atoms. The smallest absolute Gasteiger partial charge is 0.263 e. The van der Waals surface area contributed by atoms with Gasteiger partial charge in [-0.2, -0.15) is 0 Å². The Morgan fingerprint density at radius 1 is 1.29 bits per heavy atom. The summed E-state index contributed by atoms with van der Waals surface area (Å²) < 4.78 is 1.93. The number of aryl methyl sites for hydroxylation is 2. The fourth-order valence-electron chi connectivity index (χ4n) is 2.40. The number of carbonyl (C=O) groups is 1. The molecule has 0 atom stereocenters. The van der Waals surface area contributed by atoms with Crippen LogP contribution in [0.15, 0.2) is 0 Å². The van der Waals surface area contributed by atoms with Crippen LogP contribution < -0.4 is 5.32 Å². The summed E-state index contributed by atoms with van der Waals surface area (Å²) >= 11 is 1.39. The van der Waals surface area contributed by atoms with Crippen molar-refractivity contribution in [1.29, 1.82) is 0 Å². The SMILES string of the molecule is CCN(CC)CCCNC(=O)c1sc2nnc(C)n2c1C. The molecule has 0 saturated carbocycles. The lowest BCUT2D eigenvalue weighted by Gasteiger charge is -2.17. The van der Waals surface area contributed by atoms with Crippen LogP contribution in [-0.2, 0) is 0 Å². The molecule has 0 aliphatic heterocycles. The molecule has 2 aromatic heterocycles. The zero-order valence-corrected chi connectivity index (χ0v) is 14.0. The van der Waals surface area contributed by atoms with Gasteiger partial charge in [-0.05, 0) is 39.9 Å². The van der Waals surface area contributed by atoms with Crippen molar-refractivity contribution in [2.75, 3.05) is 26.2 Å². The lowest BCUT2D eigenvalue weighted by Crippen LogP contribution is -2.29. The molecule has 0 fully saturated rings. The van der Waals surface area contributed by atoms with E-state index in [-0.39, 0.29) is 5.91 Å². The topological polar surface area (TPSA) is 62.5 Å². The van der Waals surface area contributed by atoms with Crippen molar-refractivity contribution in [1.82, 2.24) is 24.8 Å². The maximum atomic E-state index is 12.3. The minimum Gasteiger partial charge on any atom is -0.351 e. The molecule has 0 saturated heterocycles. The van der Waals surface area contributed by atoms with E-state index in [1.54, 1.807) is 0 Å². The van der Waals surface area contributed by atoms with Crippen LogP contribution in [0.5, 0.6) is 0 Å². The molecule has 1 amide bonds. The number of fused-ring (bicyclic) bond motifs is 1. The van der Waals surface area contributed by atoms with Gasteiger partial charge in [-0.3, -0.25) is 9.20 Å². The molecular weight excluding hydrogens is 286 g/mol. The highest BCUT2D eigenvalue weighted by Crippen LogP contribution is 2.22. The Kier molecular flexibility index (Phi) is 5.30. The van der Waals surface area contributed by atoms with Gasteiger partial charge in [0.2, 0.25) is 4.96 Å². The number of thiazole rings is 1. The fourth-order valence-corrected chi connectivity index (χ4v) is 3.43. The van der Waals surface area contributed by atoms with E-state index >= 15 is 0 Å². The monoisotopic (exact) mass is 309 g/mol. The molecule has 0 unspecified atom stereocenters. The van der Waals surface area contributed by atoms with Gasteiger partial charge < -0.3 is 10.2 Å². The highest BCUT2D eigenvalue weighted by Gasteiger charge is 2.17. The van der Waals surface area contributed by atoms with Crippen LogP contribution in [0.3, 0.4) is 0 Å². The van der Waals surface area contributed by atoms with Crippen LogP contribution >= 0.6 is 11.3 Å². The summed E-state index contributed by atoms with van der Waals surface area (Å²) in [4.78, 5) is 16.1. The number of aromatic nitrogens is 3. The van der Waals surface area contributed by atoms with Crippen molar-refractivity contribution >= 4 is 22.2 Å². The molecule has 2 rings (SSSR count). The molecule has 0 aromatic carbocycles. The Balaban J connectivity index is 1.92. The van der Waals surface area contributed by atoms with Gasteiger partial charge in [0.1, 0.15) is 10.7 Å². The number of carbonyl (C=O) groups excluding carboxylic acids is 1. The van der Waals surface area contributed by atoms with Crippen molar-refractivity contribution in [2.45, 2.75) is 34.1 Å². The van der Waals surface area contributed by atoms with Gasteiger partial charge in [0, 0.05) is 12.2 Å². The van der Waals surface area contributed by atoms with E-state index in [0.29, 0.717) is 6.54 Å². The molecule has 7 heteroatoms. The van der Waals surface area contributed by atoms with E-state index in [0.717, 1.165) is 47.4 Å². The van der Waals surface area contributed by atoms with Gasteiger partial charge in [-0.15, -0.1) is 10.2 Å². The maximum absolute atomic E-state index is 12.3.